The van der Waals surface area contributed by atoms with E-state index in [0.29, 0.717) is 5.69 Å². The van der Waals surface area contributed by atoms with Crippen molar-refractivity contribution in [2.75, 3.05) is 17.7 Å². The number of halogens is 1. The number of rotatable bonds is 5. The molecule has 2 rings (SSSR count). The fourth-order valence-corrected chi connectivity index (χ4v) is 2.30. The summed E-state index contributed by atoms with van der Waals surface area (Å²) in [4.78, 5) is 2.10. The van der Waals surface area contributed by atoms with Crippen molar-refractivity contribution in [2.24, 2.45) is 0 Å². The normalized spacial score (nSPS) is 10.7. The lowest BCUT2D eigenvalue weighted by atomic mass is 10.2. The van der Waals surface area contributed by atoms with Gasteiger partial charge in [-0.3, -0.25) is 0 Å². The van der Waals surface area contributed by atoms with Gasteiger partial charge in [0.1, 0.15) is 5.75 Å². The van der Waals surface area contributed by atoms with Crippen LogP contribution in [0.4, 0.5) is 11.4 Å². The van der Waals surface area contributed by atoms with E-state index in [1.165, 1.54) is 5.56 Å². The topological polar surface area (TPSA) is 38.5 Å². The summed E-state index contributed by atoms with van der Waals surface area (Å²) in [5.41, 5.74) is 9.03. The number of hydrogen-bond donors (Lipinski definition) is 1. The van der Waals surface area contributed by atoms with Gasteiger partial charge < -0.3 is 15.4 Å². The van der Waals surface area contributed by atoms with Crippen LogP contribution in [0.25, 0.3) is 0 Å². The predicted octanol–water partition coefficient (Wildman–Crippen LogP) is 4.35. The van der Waals surface area contributed by atoms with Crippen molar-refractivity contribution in [2.45, 2.75) is 26.5 Å². The molecule has 0 amide bonds. The summed E-state index contributed by atoms with van der Waals surface area (Å²) in [5.74, 6) is 0.727. The number of nitrogen functional groups attached to an aromatic ring is 1. The van der Waals surface area contributed by atoms with Crippen molar-refractivity contribution in [3.8, 4) is 5.75 Å². The zero-order valence-electron chi connectivity index (χ0n) is 12.6. The van der Waals surface area contributed by atoms with Crippen LogP contribution in [-0.2, 0) is 6.54 Å². The van der Waals surface area contributed by atoms with E-state index in [4.69, 9.17) is 22.1 Å². The molecule has 4 heteroatoms. The van der Waals surface area contributed by atoms with Gasteiger partial charge in [-0.1, -0.05) is 29.8 Å². The number of benzene rings is 2. The first-order chi connectivity index (χ1) is 9.97. The Labute approximate surface area is 131 Å². The summed E-state index contributed by atoms with van der Waals surface area (Å²) < 4.78 is 5.73. The van der Waals surface area contributed by atoms with Gasteiger partial charge in [-0.2, -0.15) is 0 Å². The third-order valence-electron chi connectivity index (χ3n) is 3.15. The molecule has 2 aromatic carbocycles. The molecule has 2 aromatic rings. The SMILES string of the molecule is CC(C)Oc1cccc(N(C)Cc2ccc(Cl)cc2)c1N. The molecule has 3 nitrogen and oxygen atoms in total. The fourth-order valence-electron chi connectivity index (χ4n) is 2.17. The molecule has 0 bridgehead atoms. The van der Waals surface area contributed by atoms with Crippen LogP contribution in [0.1, 0.15) is 19.4 Å². The second kappa shape index (κ2) is 6.72. The Kier molecular flexibility index (Phi) is 4.97. The number of nitrogens with zero attached hydrogens (tertiary/aromatic N) is 1. The predicted molar refractivity (Wildman–Crippen MR) is 90.2 cm³/mol. The van der Waals surface area contributed by atoms with E-state index in [9.17, 15) is 0 Å². The summed E-state index contributed by atoms with van der Waals surface area (Å²) >= 11 is 5.91. The standard InChI is InChI=1S/C17H21ClN2O/c1-12(2)21-16-6-4-5-15(17(16)19)20(3)11-13-7-9-14(18)10-8-13/h4-10,12H,11,19H2,1-3H3. The molecule has 0 aliphatic rings. The summed E-state index contributed by atoms with van der Waals surface area (Å²) in [6.45, 7) is 4.74. The van der Waals surface area contributed by atoms with Crippen LogP contribution in [0.15, 0.2) is 42.5 Å². The van der Waals surface area contributed by atoms with Gasteiger partial charge in [-0.25, -0.2) is 0 Å². The smallest absolute Gasteiger partial charge is 0.144 e. The second-order valence-electron chi connectivity index (χ2n) is 5.34. The van der Waals surface area contributed by atoms with E-state index >= 15 is 0 Å². The lowest BCUT2D eigenvalue weighted by Gasteiger charge is -2.23. The van der Waals surface area contributed by atoms with Crippen molar-refractivity contribution in [3.63, 3.8) is 0 Å². The molecule has 0 saturated carbocycles. The van der Waals surface area contributed by atoms with Gasteiger partial charge in [0, 0.05) is 18.6 Å². The third-order valence-corrected chi connectivity index (χ3v) is 3.40. The molecular formula is C17H21ClN2O. The van der Waals surface area contributed by atoms with E-state index in [-0.39, 0.29) is 6.10 Å². The minimum atomic E-state index is 0.101. The molecule has 0 aliphatic heterocycles. The highest BCUT2D eigenvalue weighted by atomic mass is 35.5. The monoisotopic (exact) mass is 304 g/mol. The molecule has 21 heavy (non-hydrogen) atoms. The molecule has 0 fully saturated rings. The lowest BCUT2D eigenvalue weighted by Crippen LogP contribution is -2.18. The maximum Gasteiger partial charge on any atom is 0.144 e. The van der Waals surface area contributed by atoms with E-state index in [2.05, 4.69) is 4.90 Å². The Bertz CT molecular complexity index is 596. The molecule has 0 spiro atoms. The Morgan fingerprint density at radius 3 is 2.43 bits per heavy atom. The highest BCUT2D eigenvalue weighted by Gasteiger charge is 2.11. The van der Waals surface area contributed by atoms with Crippen LogP contribution >= 0.6 is 11.6 Å². The van der Waals surface area contributed by atoms with E-state index in [1.807, 2.05) is 63.4 Å². The molecule has 0 atom stereocenters. The highest BCUT2D eigenvalue weighted by Crippen LogP contribution is 2.33. The van der Waals surface area contributed by atoms with Gasteiger partial charge in [-0.05, 0) is 43.7 Å². The van der Waals surface area contributed by atoms with E-state index < -0.39 is 0 Å². The number of hydrogen-bond acceptors (Lipinski definition) is 3. The molecule has 112 valence electrons. The fraction of sp³-hybridized carbons (Fsp3) is 0.294. The van der Waals surface area contributed by atoms with Crippen molar-refractivity contribution in [1.29, 1.82) is 0 Å². The average Bonchev–Trinajstić information content (AvgIpc) is 2.43. The van der Waals surface area contributed by atoms with E-state index in [1.54, 1.807) is 0 Å². The first-order valence-corrected chi connectivity index (χ1v) is 7.36. The Hall–Kier alpha value is -1.87. The van der Waals surface area contributed by atoms with Crippen LogP contribution < -0.4 is 15.4 Å². The van der Waals surface area contributed by atoms with Gasteiger partial charge in [0.15, 0.2) is 0 Å². The summed E-state index contributed by atoms with van der Waals surface area (Å²) in [5, 5.41) is 0.744. The van der Waals surface area contributed by atoms with Crippen molar-refractivity contribution < 1.29 is 4.74 Å². The van der Waals surface area contributed by atoms with Crippen LogP contribution in [-0.4, -0.2) is 13.2 Å². The van der Waals surface area contributed by atoms with Crippen molar-refractivity contribution in [3.05, 3.63) is 53.1 Å². The summed E-state index contributed by atoms with van der Waals surface area (Å²) in [6, 6.07) is 13.7. The largest absolute Gasteiger partial charge is 0.489 e. The Balaban J connectivity index is 2.18. The molecule has 0 aliphatic carbocycles. The van der Waals surface area contributed by atoms with E-state index in [0.717, 1.165) is 23.0 Å². The zero-order valence-corrected chi connectivity index (χ0v) is 13.4. The number of anilines is 2. The first-order valence-electron chi connectivity index (χ1n) is 6.98. The van der Waals surface area contributed by atoms with Crippen molar-refractivity contribution in [1.82, 2.24) is 0 Å². The van der Waals surface area contributed by atoms with Crippen molar-refractivity contribution >= 4 is 23.0 Å². The minimum Gasteiger partial charge on any atom is -0.489 e. The second-order valence-corrected chi connectivity index (χ2v) is 5.77. The first kappa shape index (κ1) is 15.5. The van der Waals surface area contributed by atoms with Gasteiger partial charge >= 0.3 is 0 Å². The number of ether oxygens (including phenoxy) is 1. The van der Waals surface area contributed by atoms with Gasteiger partial charge in [-0.15, -0.1) is 0 Å². The maximum atomic E-state index is 6.22. The van der Waals surface area contributed by atoms with Crippen LogP contribution in [0, 0.1) is 0 Å². The summed E-state index contributed by atoms with van der Waals surface area (Å²) in [6.07, 6.45) is 0.101. The molecule has 0 radical (unpaired) electrons. The third kappa shape index (κ3) is 4.05. The molecule has 0 heterocycles. The number of para-hydroxylation sites is 1. The van der Waals surface area contributed by atoms with Crippen LogP contribution in [0.5, 0.6) is 5.75 Å². The average molecular weight is 305 g/mol. The molecular weight excluding hydrogens is 284 g/mol. The maximum absolute atomic E-state index is 6.22. The van der Waals surface area contributed by atoms with Crippen LogP contribution in [0.2, 0.25) is 5.02 Å². The van der Waals surface area contributed by atoms with Gasteiger partial charge in [0.05, 0.1) is 17.5 Å². The lowest BCUT2D eigenvalue weighted by molar-refractivity contribution is 0.244. The summed E-state index contributed by atoms with van der Waals surface area (Å²) in [7, 11) is 2.01. The highest BCUT2D eigenvalue weighted by molar-refractivity contribution is 6.30. The number of nitrogens with two attached hydrogens (primary N) is 1. The Morgan fingerprint density at radius 2 is 1.81 bits per heavy atom. The molecule has 2 N–H and O–H groups in total. The molecule has 0 aromatic heterocycles. The van der Waals surface area contributed by atoms with Gasteiger partial charge in [0.2, 0.25) is 0 Å². The van der Waals surface area contributed by atoms with Crippen LogP contribution in [0.3, 0.4) is 0 Å². The molecule has 0 unspecified atom stereocenters. The Morgan fingerprint density at radius 1 is 1.14 bits per heavy atom. The quantitative estimate of drug-likeness (QED) is 0.835. The van der Waals surface area contributed by atoms with Gasteiger partial charge in [0.25, 0.3) is 0 Å². The minimum absolute atomic E-state index is 0.101. The zero-order chi connectivity index (χ0) is 15.4. The molecule has 0 saturated heterocycles.